The van der Waals surface area contributed by atoms with E-state index in [4.69, 9.17) is 9.47 Å². The van der Waals surface area contributed by atoms with Gasteiger partial charge in [0.2, 0.25) is 0 Å². The normalized spacial score (nSPS) is 9.62. The van der Waals surface area contributed by atoms with Crippen molar-refractivity contribution in [3.05, 3.63) is 24.3 Å². The molecule has 1 rings (SSSR count). The van der Waals surface area contributed by atoms with Gasteiger partial charge in [0.05, 0.1) is 13.7 Å². The van der Waals surface area contributed by atoms with E-state index in [1.165, 1.54) is 0 Å². The van der Waals surface area contributed by atoms with E-state index in [0.717, 1.165) is 17.9 Å². The van der Waals surface area contributed by atoms with E-state index in [1.54, 1.807) is 7.11 Å². The first-order valence-electron chi connectivity index (χ1n) is 5.29. The Morgan fingerprint density at radius 1 is 1.31 bits per heavy atom. The molecule has 0 aliphatic carbocycles. The molecule has 4 nitrogen and oxygen atoms in total. The highest BCUT2D eigenvalue weighted by molar-refractivity contribution is 5.74. The summed E-state index contributed by atoms with van der Waals surface area (Å²) in [6, 6.07) is 7.37. The van der Waals surface area contributed by atoms with E-state index in [2.05, 4.69) is 5.32 Å². The Hall–Kier alpha value is -1.71. The molecule has 1 N–H and O–H groups in total. The molecule has 88 valence electrons. The fourth-order valence-corrected chi connectivity index (χ4v) is 1.15. The first-order valence-corrected chi connectivity index (χ1v) is 5.29. The topological polar surface area (TPSA) is 47.6 Å². The average molecular weight is 223 g/mol. The minimum Gasteiger partial charge on any atom is -0.497 e. The van der Waals surface area contributed by atoms with Gasteiger partial charge in [0, 0.05) is 5.69 Å². The van der Waals surface area contributed by atoms with Crippen LogP contribution in [0, 0.1) is 0 Å². The molecule has 0 heterocycles. The molecule has 0 saturated heterocycles. The monoisotopic (exact) mass is 223 g/mol. The highest BCUT2D eigenvalue weighted by Gasteiger charge is 2.01. The molecule has 0 radical (unpaired) electrons. The maximum absolute atomic E-state index is 11.2. The van der Waals surface area contributed by atoms with E-state index in [1.807, 2.05) is 31.2 Å². The number of anilines is 1. The summed E-state index contributed by atoms with van der Waals surface area (Å²) in [6.45, 7) is 2.62. The SMILES string of the molecule is CCCOC(=O)CNc1ccc(OC)cc1. The third kappa shape index (κ3) is 4.21. The van der Waals surface area contributed by atoms with Gasteiger partial charge in [0.1, 0.15) is 12.3 Å². The van der Waals surface area contributed by atoms with Crippen molar-refractivity contribution in [1.82, 2.24) is 0 Å². The lowest BCUT2D eigenvalue weighted by molar-refractivity contribution is -0.141. The molecule has 0 fully saturated rings. The average Bonchev–Trinajstić information content (AvgIpc) is 2.34. The number of carbonyl (C=O) groups is 1. The molecule has 1 aromatic rings. The summed E-state index contributed by atoms with van der Waals surface area (Å²) < 4.78 is 9.96. The summed E-state index contributed by atoms with van der Waals surface area (Å²) in [5, 5.41) is 2.97. The Bertz CT molecular complexity index is 322. The summed E-state index contributed by atoms with van der Waals surface area (Å²) in [6.07, 6.45) is 0.842. The zero-order valence-electron chi connectivity index (χ0n) is 9.66. The van der Waals surface area contributed by atoms with E-state index >= 15 is 0 Å². The van der Waals surface area contributed by atoms with Gasteiger partial charge in [0.25, 0.3) is 0 Å². The Morgan fingerprint density at radius 3 is 2.56 bits per heavy atom. The first-order chi connectivity index (χ1) is 7.76. The molecule has 0 amide bonds. The van der Waals surface area contributed by atoms with Crippen LogP contribution in [0.15, 0.2) is 24.3 Å². The molecular weight excluding hydrogens is 206 g/mol. The van der Waals surface area contributed by atoms with Crippen molar-refractivity contribution in [1.29, 1.82) is 0 Å². The van der Waals surface area contributed by atoms with E-state index in [0.29, 0.717) is 6.61 Å². The maximum atomic E-state index is 11.2. The van der Waals surface area contributed by atoms with Crippen LogP contribution in [-0.2, 0) is 9.53 Å². The number of methoxy groups -OCH3 is 1. The molecule has 1 aromatic carbocycles. The zero-order valence-corrected chi connectivity index (χ0v) is 9.66. The molecule has 4 heteroatoms. The number of benzene rings is 1. The van der Waals surface area contributed by atoms with Crippen LogP contribution < -0.4 is 10.1 Å². The highest BCUT2D eigenvalue weighted by atomic mass is 16.5. The smallest absolute Gasteiger partial charge is 0.325 e. The number of nitrogens with one attached hydrogen (secondary N) is 1. The number of carbonyl (C=O) groups excluding carboxylic acids is 1. The van der Waals surface area contributed by atoms with Gasteiger partial charge in [-0.1, -0.05) is 6.92 Å². The van der Waals surface area contributed by atoms with Crippen LogP contribution in [0.5, 0.6) is 5.75 Å². The summed E-state index contributed by atoms with van der Waals surface area (Å²) >= 11 is 0. The zero-order chi connectivity index (χ0) is 11.8. The van der Waals surface area contributed by atoms with Crippen molar-refractivity contribution in [3.63, 3.8) is 0 Å². The van der Waals surface area contributed by atoms with Crippen LogP contribution in [-0.4, -0.2) is 26.2 Å². The van der Waals surface area contributed by atoms with E-state index in [9.17, 15) is 4.79 Å². The third-order valence-corrected chi connectivity index (χ3v) is 1.99. The Morgan fingerprint density at radius 2 is 2.00 bits per heavy atom. The molecule has 0 atom stereocenters. The molecule has 0 spiro atoms. The largest absolute Gasteiger partial charge is 0.497 e. The van der Waals surface area contributed by atoms with Crippen molar-refractivity contribution < 1.29 is 14.3 Å². The molecule has 0 saturated carbocycles. The van der Waals surface area contributed by atoms with Crippen LogP contribution in [0.1, 0.15) is 13.3 Å². The van der Waals surface area contributed by atoms with Gasteiger partial charge in [-0.25, -0.2) is 0 Å². The summed E-state index contributed by atoms with van der Waals surface area (Å²) in [5.41, 5.74) is 0.870. The molecular formula is C12H17NO3. The number of ether oxygens (including phenoxy) is 2. The van der Waals surface area contributed by atoms with Gasteiger partial charge < -0.3 is 14.8 Å². The number of esters is 1. The van der Waals surface area contributed by atoms with E-state index < -0.39 is 0 Å². The Labute approximate surface area is 95.6 Å². The van der Waals surface area contributed by atoms with Crippen molar-refractivity contribution >= 4 is 11.7 Å². The van der Waals surface area contributed by atoms with Crippen molar-refractivity contribution in [2.24, 2.45) is 0 Å². The highest BCUT2D eigenvalue weighted by Crippen LogP contribution is 2.14. The van der Waals surface area contributed by atoms with Gasteiger partial charge in [-0.05, 0) is 30.7 Å². The van der Waals surface area contributed by atoms with Crippen LogP contribution >= 0.6 is 0 Å². The second-order valence-corrected chi connectivity index (χ2v) is 3.30. The molecule has 16 heavy (non-hydrogen) atoms. The predicted octanol–water partition coefficient (Wildman–Crippen LogP) is 2.06. The standard InChI is InChI=1S/C12H17NO3/c1-3-8-16-12(14)9-13-10-4-6-11(15-2)7-5-10/h4-7,13H,3,8-9H2,1-2H3. The number of hydrogen-bond donors (Lipinski definition) is 1. The number of hydrogen-bond acceptors (Lipinski definition) is 4. The Balaban J connectivity index is 2.33. The van der Waals surface area contributed by atoms with Crippen molar-refractivity contribution in [2.45, 2.75) is 13.3 Å². The number of rotatable bonds is 6. The van der Waals surface area contributed by atoms with Crippen LogP contribution in [0.2, 0.25) is 0 Å². The van der Waals surface area contributed by atoms with Gasteiger partial charge in [-0.3, -0.25) is 4.79 Å². The fraction of sp³-hybridized carbons (Fsp3) is 0.417. The molecule has 0 bridgehead atoms. The summed E-state index contributed by atoms with van der Waals surface area (Å²) in [7, 11) is 1.62. The lowest BCUT2D eigenvalue weighted by Crippen LogP contribution is -2.17. The van der Waals surface area contributed by atoms with Crippen LogP contribution in [0.3, 0.4) is 0 Å². The third-order valence-electron chi connectivity index (χ3n) is 1.99. The fourth-order valence-electron chi connectivity index (χ4n) is 1.15. The predicted molar refractivity (Wildman–Crippen MR) is 62.7 cm³/mol. The molecule has 0 aliphatic heterocycles. The first kappa shape index (κ1) is 12.4. The second kappa shape index (κ2) is 6.71. The lowest BCUT2D eigenvalue weighted by atomic mass is 10.3. The van der Waals surface area contributed by atoms with Crippen molar-refractivity contribution in [3.8, 4) is 5.75 Å². The molecule has 0 aromatic heterocycles. The molecule has 0 unspecified atom stereocenters. The summed E-state index contributed by atoms with van der Waals surface area (Å²) in [4.78, 5) is 11.2. The maximum Gasteiger partial charge on any atom is 0.325 e. The quantitative estimate of drug-likeness (QED) is 0.750. The van der Waals surface area contributed by atoms with Crippen molar-refractivity contribution in [2.75, 3.05) is 25.6 Å². The lowest BCUT2D eigenvalue weighted by Gasteiger charge is -2.07. The van der Waals surface area contributed by atoms with Gasteiger partial charge >= 0.3 is 5.97 Å². The van der Waals surface area contributed by atoms with Gasteiger partial charge in [-0.15, -0.1) is 0 Å². The minimum absolute atomic E-state index is 0.187. The molecule has 0 aliphatic rings. The van der Waals surface area contributed by atoms with Gasteiger partial charge in [0.15, 0.2) is 0 Å². The minimum atomic E-state index is -0.238. The summed E-state index contributed by atoms with van der Waals surface area (Å²) in [5.74, 6) is 0.553. The second-order valence-electron chi connectivity index (χ2n) is 3.30. The van der Waals surface area contributed by atoms with E-state index in [-0.39, 0.29) is 12.5 Å². The van der Waals surface area contributed by atoms with Gasteiger partial charge in [-0.2, -0.15) is 0 Å². The van der Waals surface area contributed by atoms with Crippen LogP contribution in [0.25, 0.3) is 0 Å². The van der Waals surface area contributed by atoms with Crippen LogP contribution in [0.4, 0.5) is 5.69 Å². The Kier molecular flexibility index (Phi) is 5.19.